The number of hydrogen-bond acceptors (Lipinski definition) is 5. The normalized spacial score (nSPS) is 12.4. The van der Waals surface area contributed by atoms with Crippen molar-refractivity contribution in [2.24, 2.45) is 0 Å². The molecule has 0 aliphatic carbocycles. The van der Waals surface area contributed by atoms with Gasteiger partial charge in [0.2, 0.25) is 5.78 Å². The number of rotatable bonds is 9. The molecule has 6 nitrogen and oxygen atoms in total. The van der Waals surface area contributed by atoms with E-state index >= 15 is 0 Å². The third-order valence-electron chi connectivity index (χ3n) is 5.31. The summed E-state index contributed by atoms with van der Waals surface area (Å²) in [6.07, 6.45) is 7.27. The van der Waals surface area contributed by atoms with Crippen LogP contribution in [0.25, 0.3) is 0 Å². The number of Topliss-reactive ketones (excluding diaryl/α,β-unsaturated/α-hetero) is 1. The van der Waals surface area contributed by atoms with E-state index in [9.17, 15) is 14.4 Å². The highest BCUT2D eigenvalue weighted by Crippen LogP contribution is 2.23. The van der Waals surface area contributed by atoms with Crippen molar-refractivity contribution in [2.75, 3.05) is 7.11 Å². The van der Waals surface area contributed by atoms with Crippen molar-refractivity contribution >= 4 is 17.7 Å². The second-order valence-electron chi connectivity index (χ2n) is 7.52. The quantitative estimate of drug-likeness (QED) is 0.142. The van der Waals surface area contributed by atoms with Crippen LogP contribution in [-0.4, -0.2) is 29.4 Å². The second kappa shape index (κ2) is 11.6. The molecule has 0 aliphatic rings. The largest absolute Gasteiger partial charge is 0.467 e. The number of ketones is 1. The number of nitrogens with zero attached hydrogens (tertiary/aromatic N) is 1. The number of ether oxygens (including phenoxy) is 2. The first-order chi connectivity index (χ1) is 16.5. The summed E-state index contributed by atoms with van der Waals surface area (Å²) in [6, 6.07) is 18.3. The van der Waals surface area contributed by atoms with Gasteiger partial charge in [0, 0.05) is 18.2 Å². The Morgan fingerprint density at radius 2 is 1.65 bits per heavy atom. The van der Waals surface area contributed by atoms with Crippen molar-refractivity contribution in [1.29, 1.82) is 0 Å². The Kier molecular flexibility index (Phi) is 8.35. The van der Waals surface area contributed by atoms with Gasteiger partial charge in [0.1, 0.15) is 11.8 Å². The molecule has 0 N–H and O–H groups in total. The van der Waals surface area contributed by atoms with E-state index in [0.29, 0.717) is 29.0 Å². The third kappa shape index (κ3) is 5.78. The van der Waals surface area contributed by atoms with Gasteiger partial charge in [0.05, 0.1) is 18.4 Å². The molecule has 174 valence electrons. The van der Waals surface area contributed by atoms with Gasteiger partial charge in [0.15, 0.2) is 0 Å². The van der Waals surface area contributed by atoms with Gasteiger partial charge in [-0.25, -0.2) is 9.59 Å². The zero-order valence-corrected chi connectivity index (χ0v) is 19.4. The molecule has 3 aromatic rings. The fourth-order valence-corrected chi connectivity index (χ4v) is 3.58. The van der Waals surface area contributed by atoms with E-state index < -0.39 is 18.0 Å². The summed E-state index contributed by atoms with van der Waals surface area (Å²) in [5.41, 5.74) is 2.22. The van der Waals surface area contributed by atoms with E-state index in [0.717, 1.165) is 5.56 Å². The van der Waals surface area contributed by atoms with Gasteiger partial charge in [-0.2, -0.15) is 0 Å². The lowest BCUT2D eigenvalue weighted by Crippen LogP contribution is -2.25. The van der Waals surface area contributed by atoms with E-state index in [2.05, 4.69) is 0 Å². The van der Waals surface area contributed by atoms with Crippen LogP contribution in [-0.2, 0) is 16.0 Å². The van der Waals surface area contributed by atoms with Gasteiger partial charge < -0.3 is 14.0 Å². The lowest BCUT2D eigenvalue weighted by molar-refractivity contribution is -0.144. The Morgan fingerprint density at radius 1 is 0.941 bits per heavy atom. The summed E-state index contributed by atoms with van der Waals surface area (Å²) in [7, 11) is 1.32. The van der Waals surface area contributed by atoms with Crippen LogP contribution in [0.5, 0.6) is 5.75 Å². The summed E-state index contributed by atoms with van der Waals surface area (Å²) >= 11 is 0. The van der Waals surface area contributed by atoms with Gasteiger partial charge in [-0.3, -0.25) is 4.79 Å². The molecular weight excluding hydrogens is 430 g/mol. The molecule has 6 heteroatoms. The van der Waals surface area contributed by atoms with E-state index in [1.54, 1.807) is 96.6 Å². The van der Waals surface area contributed by atoms with Gasteiger partial charge in [0.25, 0.3) is 0 Å². The van der Waals surface area contributed by atoms with Crippen LogP contribution in [0.15, 0.2) is 96.7 Å². The van der Waals surface area contributed by atoms with Crippen LogP contribution < -0.4 is 4.74 Å². The zero-order valence-electron chi connectivity index (χ0n) is 19.4. The molecule has 1 aromatic heterocycles. The van der Waals surface area contributed by atoms with Gasteiger partial charge in [-0.15, -0.1) is 0 Å². The van der Waals surface area contributed by atoms with Crippen LogP contribution in [0, 0.1) is 0 Å². The molecule has 1 heterocycles. The Labute approximate surface area is 199 Å². The highest BCUT2D eigenvalue weighted by molar-refractivity contribution is 6.09. The van der Waals surface area contributed by atoms with Crippen molar-refractivity contribution in [3.05, 3.63) is 114 Å². The number of benzene rings is 2. The first-order valence-corrected chi connectivity index (χ1v) is 10.9. The minimum Gasteiger partial charge on any atom is -0.467 e. The Morgan fingerprint density at radius 3 is 2.26 bits per heavy atom. The maximum Gasteiger partial charge on any atom is 0.343 e. The summed E-state index contributed by atoms with van der Waals surface area (Å²) in [4.78, 5) is 38.0. The van der Waals surface area contributed by atoms with Crippen LogP contribution in [0.3, 0.4) is 0 Å². The molecule has 0 radical (unpaired) electrons. The van der Waals surface area contributed by atoms with Crippen LogP contribution >= 0.6 is 0 Å². The van der Waals surface area contributed by atoms with Crippen molar-refractivity contribution < 1.29 is 23.9 Å². The fraction of sp³-hybridized carbons (Fsp3) is 0.179. The number of allylic oxidation sites excluding steroid dienone is 4. The van der Waals surface area contributed by atoms with Crippen molar-refractivity contribution in [3.8, 4) is 5.75 Å². The molecule has 34 heavy (non-hydrogen) atoms. The standard InChI is InChI=1S/C28H27NO5/c1-4-10-21(5-2)26(30)24-13-9-18-29(24)25(28(32)33-3)19-20-14-16-23(17-15-20)34-27(31)22-11-7-6-8-12-22/h4-18,25H,19H2,1-3H3/b10-4-,21-5+. The monoisotopic (exact) mass is 457 g/mol. The minimum atomic E-state index is -0.736. The molecule has 0 spiro atoms. The van der Waals surface area contributed by atoms with Crippen LogP contribution in [0.1, 0.15) is 46.3 Å². The van der Waals surface area contributed by atoms with Crippen molar-refractivity contribution in [1.82, 2.24) is 4.57 Å². The van der Waals surface area contributed by atoms with Crippen molar-refractivity contribution in [3.63, 3.8) is 0 Å². The predicted molar refractivity (Wildman–Crippen MR) is 130 cm³/mol. The van der Waals surface area contributed by atoms with Gasteiger partial charge >= 0.3 is 11.9 Å². The number of hydrogen-bond donors (Lipinski definition) is 0. The molecule has 2 aromatic carbocycles. The fourth-order valence-electron chi connectivity index (χ4n) is 3.58. The van der Waals surface area contributed by atoms with E-state index in [4.69, 9.17) is 9.47 Å². The van der Waals surface area contributed by atoms with Gasteiger partial charge in [-0.1, -0.05) is 48.6 Å². The van der Waals surface area contributed by atoms with E-state index in [1.165, 1.54) is 7.11 Å². The predicted octanol–water partition coefficient (Wildman–Crippen LogP) is 5.37. The average Bonchev–Trinajstić information content (AvgIpc) is 3.36. The van der Waals surface area contributed by atoms with Crippen LogP contribution in [0.2, 0.25) is 0 Å². The van der Waals surface area contributed by atoms with E-state index in [1.807, 2.05) is 13.0 Å². The van der Waals surface area contributed by atoms with Crippen molar-refractivity contribution in [2.45, 2.75) is 26.3 Å². The lowest BCUT2D eigenvalue weighted by Gasteiger charge is -2.20. The zero-order chi connectivity index (χ0) is 24.5. The molecule has 0 fully saturated rings. The molecule has 0 saturated heterocycles. The highest BCUT2D eigenvalue weighted by Gasteiger charge is 2.26. The SMILES string of the molecule is C/C=C\C(=C/C)C(=O)c1cccn1C(Cc1ccc(OC(=O)c2ccccc2)cc1)C(=O)OC. The average molecular weight is 458 g/mol. The maximum atomic E-state index is 13.0. The highest BCUT2D eigenvalue weighted by atomic mass is 16.5. The Balaban J connectivity index is 1.81. The topological polar surface area (TPSA) is 74.6 Å². The summed E-state index contributed by atoms with van der Waals surface area (Å²) < 4.78 is 12.1. The number of carbonyl (C=O) groups excluding carboxylic acids is 3. The second-order valence-corrected chi connectivity index (χ2v) is 7.52. The number of aromatic nitrogens is 1. The molecular formula is C28H27NO5. The number of carbonyl (C=O) groups is 3. The Bertz CT molecular complexity index is 1200. The molecule has 1 unspecified atom stereocenters. The van der Waals surface area contributed by atoms with E-state index in [-0.39, 0.29) is 5.78 Å². The molecule has 0 amide bonds. The lowest BCUT2D eigenvalue weighted by atomic mass is 10.0. The molecule has 0 saturated carbocycles. The number of esters is 2. The maximum absolute atomic E-state index is 13.0. The first-order valence-electron chi connectivity index (χ1n) is 10.9. The molecule has 0 aliphatic heterocycles. The summed E-state index contributed by atoms with van der Waals surface area (Å²) in [6.45, 7) is 3.64. The smallest absolute Gasteiger partial charge is 0.343 e. The Hall–Kier alpha value is -4.19. The molecule has 3 rings (SSSR count). The molecule has 0 bridgehead atoms. The third-order valence-corrected chi connectivity index (χ3v) is 5.31. The van der Waals surface area contributed by atoms with Crippen LogP contribution in [0.4, 0.5) is 0 Å². The minimum absolute atomic E-state index is 0.178. The van der Waals surface area contributed by atoms with Gasteiger partial charge in [-0.05, 0) is 55.8 Å². The number of methoxy groups -OCH3 is 1. The molecule has 1 atom stereocenters. The first kappa shape index (κ1) is 24.5. The summed E-state index contributed by atoms with van der Waals surface area (Å²) in [5, 5.41) is 0. The summed E-state index contributed by atoms with van der Waals surface area (Å²) in [5.74, 6) is -0.689.